The first-order valence-electron chi connectivity index (χ1n) is 12.7. The molecular weight excluding hydrogens is 566 g/mol. The highest BCUT2D eigenvalue weighted by atomic mass is 79.9. The third kappa shape index (κ3) is 4.99. The molecule has 0 unspecified atom stereocenters. The predicted octanol–water partition coefficient (Wildman–Crippen LogP) is 7.45. The van der Waals surface area contributed by atoms with E-state index in [4.69, 9.17) is 14.5 Å². The average Bonchev–Trinajstić information content (AvgIpc) is 3.00. The Bertz CT molecular complexity index is 1930. The van der Waals surface area contributed by atoms with Crippen molar-refractivity contribution >= 4 is 43.8 Å². The van der Waals surface area contributed by atoms with Crippen molar-refractivity contribution in [2.45, 2.75) is 6.61 Å². The van der Waals surface area contributed by atoms with Crippen molar-refractivity contribution in [1.82, 2.24) is 9.66 Å². The van der Waals surface area contributed by atoms with E-state index < -0.39 is 0 Å². The monoisotopic (exact) mass is 589 g/mol. The molecule has 196 valence electrons. The second kappa shape index (κ2) is 11.2. The van der Waals surface area contributed by atoms with Gasteiger partial charge in [0.15, 0.2) is 17.3 Å². The van der Waals surface area contributed by atoms with E-state index in [-0.39, 0.29) is 5.56 Å². The Kier molecular flexibility index (Phi) is 7.12. The molecule has 7 heteroatoms. The molecular formula is C33H24BrN3O3. The molecule has 0 radical (unpaired) electrons. The molecule has 6 nitrogen and oxygen atoms in total. The lowest BCUT2D eigenvalue weighted by molar-refractivity contribution is 0.285. The second-order valence-corrected chi connectivity index (χ2v) is 10.0. The van der Waals surface area contributed by atoms with Gasteiger partial charge in [-0.3, -0.25) is 4.79 Å². The molecule has 0 saturated heterocycles. The van der Waals surface area contributed by atoms with Crippen molar-refractivity contribution in [2.75, 3.05) is 7.11 Å². The standard InChI is InChI=1S/C33H24BrN3O3/c1-39-30-19-26(34)18-25(31(30)40-21-24-14-9-13-22-10-5-6-15-27(22)24)20-35-37-32(23-11-3-2-4-12-23)36-29-17-8-7-16-28(29)33(37)38/h2-20H,21H2,1H3. The van der Waals surface area contributed by atoms with E-state index in [0.29, 0.717) is 40.4 Å². The van der Waals surface area contributed by atoms with Gasteiger partial charge in [0.2, 0.25) is 0 Å². The fraction of sp³-hybridized carbons (Fsp3) is 0.0606. The Morgan fingerprint density at radius 3 is 2.42 bits per heavy atom. The maximum Gasteiger partial charge on any atom is 0.282 e. The molecule has 0 saturated carbocycles. The Balaban J connectivity index is 1.45. The van der Waals surface area contributed by atoms with Crippen LogP contribution < -0.4 is 15.0 Å². The summed E-state index contributed by atoms with van der Waals surface area (Å²) >= 11 is 3.56. The van der Waals surface area contributed by atoms with Gasteiger partial charge in [0.1, 0.15) is 6.61 Å². The van der Waals surface area contributed by atoms with Crippen molar-refractivity contribution in [1.29, 1.82) is 0 Å². The minimum absolute atomic E-state index is 0.263. The van der Waals surface area contributed by atoms with Crippen LogP contribution in [0.15, 0.2) is 124 Å². The molecule has 0 amide bonds. The first-order valence-corrected chi connectivity index (χ1v) is 13.5. The molecule has 1 heterocycles. The summed E-state index contributed by atoms with van der Waals surface area (Å²) in [6, 6.07) is 34.9. The number of aromatic nitrogens is 2. The molecule has 0 atom stereocenters. The van der Waals surface area contributed by atoms with E-state index in [9.17, 15) is 4.79 Å². The molecule has 40 heavy (non-hydrogen) atoms. The summed E-state index contributed by atoms with van der Waals surface area (Å²) in [6.07, 6.45) is 1.61. The smallest absolute Gasteiger partial charge is 0.282 e. The van der Waals surface area contributed by atoms with Gasteiger partial charge in [-0.2, -0.15) is 9.78 Å². The Hall–Kier alpha value is -4.75. The summed E-state index contributed by atoms with van der Waals surface area (Å²) in [7, 11) is 1.60. The van der Waals surface area contributed by atoms with Crippen molar-refractivity contribution in [3.05, 3.63) is 135 Å². The normalized spacial score (nSPS) is 11.3. The molecule has 0 bridgehead atoms. The highest BCUT2D eigenvalue weighted by molar-refractivity contribution is 9.10. The summed E-state index contributed by atoms with van der Waals surface area (Å²) in [4.78, 5) is 18.4. The quantitative estimate of drug-likeness (QED) is 0.181. The molecule has 0 aliphatic carbocycles. The zero-order valence-electron chi connectivity index (χ0n) is 21.6. The predicted molar refractivity (Wildman–Crippen MR) is 163 cm³/mol. The SMILES string of the molecule is COc1cc(Br)cc(C=Nn2c(-c3ccccc3)nc3ccccc3c2=O)c1OCc1cccc2ccccc12. The van der Waals surface area contributed by atoms with E-state index in [0.717, 1.165) is 26.4 Å². The van der Waals surface area contributed by atoms with E-state index in [1.54, 1.807) is 19.4 Å². The van der Waals surface area contributed by atoms with Crippen LogP contribution in [0, 0.1) is 0 Å². The van der Waals surface area contributed by atoms with E-state index in [2.05, 4.69) is 39.2 Å². The van der Waals surface area contributed by atoms with Gasteiger partial charge in [0, 0.05) is 15.6 Å². The van der Waals surface area contributed by atoms with Crippen LogP contribution in [-0.2, 0) is 6.61 Å². The van der Waals surface area contributed by atoms with Gasteiger partial charge in [-0.15, -0.1) is 0 Å². The van der Waals surface area contributed by atoms with Crippen LogP contribution in [0.4, 0.5) is 0 Å². The van der Waals surface area contributed by atoms with Crippen LogP contribution in [0.25, 0.3) is 33.1 Å². The van der Waals surface area contributed by atoms with Crippen LogP contribution in [0.1, 0.15) is 11.1 Å². The molecule has 0 spiro atoms. The van der Waals surface area contributed by atoms with Gasteiger partial charge < -0.3 is 9.47 Å². The second-order valence-electron chi connectivity index (χ2n) is 9.13. The third-order valence-electron chi connectivity index (χ3n) is 6.62. The summed E-state index contributed by atoms with van der Waals surface area (Å²) in [5.41, 5.74) is 2.82. The number of benzene rings is 5. The molecule has 5 aromatic carbocycles. The van der Waals surface area contributed by atoms with Gasteiger partial charge in [-0.1, -0.05) is 101 Å². The molecule has 6 rings (SSSR count). The van der Waals surface area contributed by atoms with Gasteiger partial charge in [0.25, 0.3) is 5.56 Å². The van der Waals surface area contributed by atoms with Gasteiger partial charge in [0.05, 0.1) is 24.2 Å². The lowest BCUT2D eigenvalue weighted by Gasteiger charge is -2.15. The summed E-state index contributed by atoms with van der Waals surface area (Å²) in [5.74, 6) is 1.51. The van der Waals surface area contributed by atoms with Crippen molar-refractivity contribution in [3.8, 4) is 22.9 Å². The number of hydrogen-bond donors (Lipinski definition) is 0. The first-order chi connectivity index (χ1) is 19.6. The third-order valence-corrected chi connectivity index (χ3v) is 7.08. The molecule has 0 N–H and O–H groups in total. The lowest BCUT2D eigenvalue weighted by Crippen LogP contribution is -2.20. The fourth-order valence-electron chi connectivity index (χ4n) is 4.68. The Morgan fingerprint density at radius 1 is 0.875 bits per heavy atom. The zero-order valence-corrected chi connectivity index (χ0v) is 23.2. The van der Waals surface area contributed by atoms with Crippen molar-refractivity contribution < 1.29 is 9.47 Å². The Labute approximate surface area is 239 Å². The number of nitrogens with zero attached hydrogens (tertiary/aromatic N) is 3. The fourth-order valence-corrected chi connectivity index (χ4v) is 5.14. The van der Waals surface area contributed by atoms with Crippen molar-refractivity contribution in [3.63, 3.8) is 0 Å². The lowest BCUT2D eigenvalue weighted by atomic mass is 10.1. The molecule has 1 aromatic heterocycles. The van der Waals surface area contributed by atoms with Crippen LogP contribution in [0.5, 0.6) is 11.5 Å². The number of fused-ring (bicyclic) bond motifs is 2. The number of hydrogen-bond acceptors (Lipinski definition) is 5. The molecule has 0 fully saturated rings. The molecule has 6 aromatic rings. The number of ether oxygens (including phenoxy) is 2. The number of para-hydroxylation sites is 1. The Morgan fingerprint density at radius 2 is 1.60 bits per heavy atom. The average molecular weight is 590 g/mol. The zero-order chi connectivity index (χ0) is 27.5. The van der Waals surface area contributed by atoms with E-state index in [1.165, 1.54) is 4.68 Å². The molecule has 0 aliphatic rings. The largest absolute Gasteiger partial charge is 0.493 e. The van der Waals surface area contributed by atoms with Crippen LogP contribution in [-0.4, -0.2) is 23.0 Å². The minimum Gasteiger partial charge on any atom is -0.493 e. The van der Waals surface area contributed by atoms with E-state index in [1.807, 2.05) is 84.9 Å². The first kappa shape index (κ1) is 25.5. The van der Waals surface area contributed by atoms with E-state index >= 15 is 0 Å². The highest BCUT2D eigenvalue weighted by Gasteiger charge is 2.15. The van der Waals surface area contributed by atoms with Gasteiger partial charge >= 0.3 is 0 Å². The number of methoxy groups -OCH3 is 1. The summed E-state index contributed by atoms with van der Waals surface area (Å²) in [6.45, 7) is 0.326. The van der Waals surface area contributed by atoms with Crippen LogP contribution in [0.3, 0.4) is 0 Å². The topological polar surface area (TPSA) is 65.7 Å². The van der Waals surface area contributed by atoms with Crippen LogP contribution >= 0.6 is 15.9 Å². The maximum atomic E-state index is 13.6. The number of rotatable bonds is 7. The minimum atomic E-state index is -0.263. The van der Waals surface area contributed by atoms with Crippen molar-refractivity contribution in [2.24, 2.45) is 5.10 Å². The van der Waals surface area contributed by atoms with Gasteiger partial charge in [-0.25, -0.2) is 4.98 Å². The maximum absolute atomic E-state index is 13.6. The highest BCUT2D eigenvalue weighted by Crippen LogP contribution is 2.35. The van der Waals surface area contributed by atoms with Crippen LogP contribution in [0.2, 0.25) is 0 Å². The summed E-state index contributed by atoms with van der Waals surface area (Å²) < 4.78 is 14.2. The summed E-state index contributed by atoms with van der Waals surface area (Å²) in [5, 5.41) is 7.40. The molecule has 0 aliphatic heterocycles. The number of halogens is 1. The van der Waals surface area contributed by atoms with Gasteiger partial charge in [-0.05, 0) is 40.6 Å².